The molecule has 0 spiro atoms. The van der Waals surface area contributed by atoms with Crippen LogP contribution in [-0.2, 0) is 13.4 Å². The smallest absolute Gasteiger partial charge is 0.237 e. The van der Waals surface area contributed by atoms with Crippen molar-refractivity contribution in [1.82, 2.24) is 0 Å². The summed E-state index contributed by atoms with van der Waals surface area (Å²) in [6.45, 7) is 3.61. The molecule has 5 heteroatoms. The lowest BCUT2D eigenvalue weighted by Gasteiger charge is -2.24. The van der Waals surface area contributed by atoms with Crippen LogP contribution in [0.25, 0.3) is 0 Å². The van der Waals surface area contributed by atoms with Crippen LogP contribution in [0.1, 0.15) is 13.8 Å². The largest absolute Gasteiger partial charge is 0.287 e. The van der Waals surface area contributed by atoms with E-state index in [1.165, 1.54) is 0 Å². The molecule has 0 saturated carbocycles. The van der Waals surface area contributed by atoms with Gasteiger partial charge in [0.15, 0.2) is 0 Å². The molecule has 21 heavy (non-hydrogen) atoms. The molecule has 0 radical (unpaired) electrons. The molecule has 0 saturated heterocycles. The number of hydrogen-bond donors (Lipinski definition) is 0. The first kappa shape index (κ1) is 16.2. The van der Waals surface area contributed by atoms with Gasteiger partial charge in [-0.2, -0.15) is 0 Å². The molecule has 0 N–H and O–H groups in total. The highest BCUT2D eigenvalue weighted by molar-refractivity contribution is 7.79. The third-order valence-electron chi connectivity index (χ3n) is 3.40. The second-order valence-corrected chi connectivity index (χ2v) is 10.4. The normalized spacial score (nSPS) is 16.9. The molecule has 2 aromatic rings. The second-order valence-electron chi connectivity index (χ2n) is 4.73. The van der Waals surface area contributed by atoms with Crippen LogP contribution in [-0.4, -0.2) is 12.3 Å². The average Bonchev–Trinajstić information content (AvgIpc) is 2.56. The lowest BCUT2D eigenvalue weighted by atomic mass is 10.4. The van der Waals surface area contributed by atoms with Crippen molar-refractivity contribution < 1.29 is 13.4 Å². The van der Waals surface area contributed by atoms with E-state index in [0.29, 0.717) is 22.9 Å². The summed E-state index contributed by atoms with van der Waals surface area (Å²) in [6.07, 6.45) is 0.654. The van der Waals surface area contributed by atoms with Crippen LogP contribution in [0.5, 0.6) is 0 Å². The Morgan fingerprint density at radius 1 is 0.714 bits per heavy atom. The van der Waals surface area contributed by atoms with E-state index in [9.17, 15) is 9.13 Å². The third-order valence-corrected chi connectivity index (χ3v) is 9.34. The van der Waals surface area contributed by atoms with Crippen LogP contribution in [0.15, 0.2) is 60.7 Å². The van der Waals surface area contributed by atoms with Crippen molar-refractivity contribution in [2.24, 2.45) is 0 Å². The van der Waals surface area contributed by atoms with Crippen molar-refractivity contribution in [3.05, 3.63) is 60.7 Å². The molecule has 0 bridgehead atoms. The van der Waals surface area contributed by atoms with Gasteiger partial charge in [0, 0.05) is 22.9 Å². The van der Waals surface area contributed by atoms with Gasteiger partial charge in [-0.15, -0.1) is 0 Å². The maximum absolute atomic E-state index is 13.1. The molecule has 2 rings (SSSR count). The number of benzene rings is 2. The van der Waals surface area contributed by atoms with Gasteiger partial charge in [0.05, 0.1) is 0 Å². The lowest BCUT2D eigenvalue weighted by Crippen LogP contribution is -2.14. The molecular formula is C16H20O3P2. The molecule has 0 aromatic heterocycles. The zero-order valence-corrected chi connectivity index (χ0v) is 14.1. The summed E-state index contributed by atoms with van der Waals surface area (Å²) in [5.41, 5.74) is 0. The van der Waals surface area contributed by atoms with Crippen molar-refractivity contribution in [3.8, 4) is 0 Å². The quantitative estimate of drug-likeness (QED) is 0.747. The summed E-state index contributed by atoms with van der Waals surface area (Å²) in [6, 6.07) is 18.1. The summed E-state index contributed by atoms with van der Waals surface area (Å²) in [4.78, 5) is 0. The van der Waals surface area contributed by atoms with Gasteiger partial charge >= 0.3 is 0 Å². The van der Waals surface area contributed by atoms with Crippen LogP contribution >= 0.6 is 14.7 Å². The Morgan fingerprint density at radius 3 is 1.33 bits per heavy atom. The van der Waals surface area contributed by atoms with Gasteiger partial charge in [0.25, 0.3) is 0 Å². The Hall–Kier alpha value is -1.14. The molecule has 0 amide bonds. The van der Waals surface area contributed by atoms with Gasteiger partial charge in [-0.3, -0.25) is 13.4 Å². The highest BCUT2D eigenvalue weighted by Crippen LogP contribution is 2.61. The minimum absolute atomic E-state index is 0.327. The Kier molecular flexibility index (Phi) is 5.22. The van der Waals surface area contributed by atoms with Crippen molar-refractivity contribution in [2.45, 2.75) is 13.8 Å². The molecule has 3 nitrogen and oxygen atoms in total. The maximum atomic E-state index is 13.1. The molecule has 112 valence electrons. The minimum atomic E-state index is -3.12. The first-order valence-electron chi connectivity index (χ1n) is 7.05. The predicted octanol–water partition coefficient (Wildman–Crippen LogP) is 4.25. The van der Waals surface area contributed by atoms with E-state index in [1.54, 1.807) is 38.1 Å². The third kappa shape index (κ3) is 3.55. The van der Waals surface area contributed by atoms with Crippen molar-refractivity contribution in [3.63, 3.8) is 0 Å². The Bertz CT molecular complexity index is 609. The molecule has 0 aliphatic carbocycles. The maximum Gasteiger partial charge on any atom is 0.237 e. The highest BCUT2D eigenvalue weighted by atomic mass is 31.2. The van der Waals surface area contributed by atoms with E-state index in [0.717, 1.165) is 0 Å². The summed E-state index contributed by atoms with van der Waals surface area (Å²) < 4.78 is 32.1. The molecular weight excluding hydrogens is 302 g/mol. The monoisotopic (exact) mass is 322 g/mol. The van der Waals surface area contributed by atoms with E-state index in [-0.39, 0.29) is 0 Å². The molecule has 0 fully saturated rings. The van der Waals surface area contributed by atoms with E-state index in [1.807, 2.05) is 36.4 Å². The first-order valence-corrected chi connectivity index (χ1v) is 10.7. The molecule has 2 unspecified atom stereocenters. The SMILES string of the molecule is CCP(=O)(OP(=O)(CC)c1ccccc1)c1ccccc1. The van der Waals surface area contributed by atoms with Crippen molar-refractivity contribution >= 4 is 25.3 Å². The molecule has 0 aliphatic rings. The van der Waals surface area contributed by atoms with Crippen molar-refractivity contribution in [2.75, 3.05) is 12.3 Å². The Labute approximate surface area is 126 Å². The van der Waals surface area contributed by atoms with Crippen LogP contribution in [0.2, 0.25) is 0 Å². The van der Waals surface area contributed by atoms with Gasteiger partial charge in [-0.05, 0) is 24.3 Å². The fourth-order valence-electron chi connectivity index (χ4n) is 2.10. The second kappa shape index (κ2) is 6.75. The number of hydrogen-bond acceptors (Lipinski definition) is 3. The standard InChI is InChI=1S/C16H20O3P2/c1-3-20(17,15-11-7-5-8-12-15)19-21(18,4-2)16-13-9-6-10-14-16/h5-14H,3-4H2,1-2H3. The summed E-state index contributed by atoms with van der Waals surface area (Å²) in [5, 5.41) is 1.24. The van der Waals surface area contributed by atoms with E-state index in [4.69, 9.17) is 4.31 Å². The van der Waals surface area contributed by atoms with Gasteiger partial charge in [0.1, 0.15) is 0 Å². The molecule has 0 heterocycles. The average molecular weight is 322 g/mol. The summed E-state index contributed by atoms with van der Waals surface area (Å²) in [5.74, 6) is 0. The predicted molar refractivity (Wildman–Crippen MR) is 89.5 cm³/mol. The Balaban J connectivity index is 2.41. The Morgan fingerprint density at radius 2 is 1.05 bits per heavy atom. The van der Waals surface area contributed by atoms with Gasteiger partial charge in [-0.25, -0.2) is 0 Å². The summed E-state index contributed by atoms with van der Waals surface area (Å²) in [7, 11) is -6.24. The lowest BCUT2D eigenvalue weighted by molar-refractivity contribution is 0.472. The zero-order valence-electron chi connectivity index (χ0n) is 12.3. The first-order chi connectivity index (χ1) is 10.0. The van der Waals surface area contributed by atoms with Gasteiger partial charge < -0.3 is 0 Å². The molecule has 2 aromatic carbocycles. The van der Waals surface area contributed by atoms with E-state index < -0.39 is 14.7 Å². The van der Waals surface area contributed by atoms with Crippen LogP contribution in [0.4, 0.5) is 0 Å². The summed E-state index contributed by atoms with van der Waals surface area (Å²) >= 11 is 0. The molecule has 2 atom stereocenters. The molecule has 0 aliphatic heterocycles. The van der Waals surface area contributed by atoms with E-state index in [2.05, 4.69) is 0 Å². The van der Waals surface area contributed by atoms with Gasteiger partial charge in [0.2, 0.25) is 14.7 Å². The van der Waals surface area contributed by atoms with E-state index >= 15 is 0 Å². The minimum Gasteiger partial charge on any atom is -0.287 e. The van der Waals surface area contributed by atoms with Crippen LogP contribution in [0, 0.1) is 0 Å². The fraction of sp³-hybridized carbons (Fsp3) is 0.250. The van der Waals surface area contributed by atoms with Crippen LogP contribution < -0.4 is 10.6 Å². The number of rotatable bonds is 6. The van der Waals surface area contributed by atoms with Crippen molar-refractivity contribution in [1.29, 1.82) is 0 Å². The highest BCUT2D eigenvalue weighted by Gasteiger charge is 2.35. The topological polar surface area (TPSA) is 43.4 Å². The van der Waals surface area contributed by atoms with Crippen LogP contribution in [0.3, 0.4) is 0 Å². The van der Waals surface area contributed by atoms with Gasteiger partial charge in [-0.1, -0.05) is 50.2 Å². The zero-order chi connectivity index (χ0) is 15.3. The fourth-order valence-corrected chi connectivity index (χ4v) is 7.46.